The van der Waals surface area contributed by atoms with Crippen molar-refractivity contribution in [3.05, 3.63) is 29.3 Å². The molecular weight excluding hydrogens is 302 g/mol. The van der Waals surface area contributed by atoms with Gasteiger partial charge in [-0.05, 0) is 56.7 Å². The number of piperidine rings is 1. The molecule has 0 aromatic heterocycles. The minimum atomic E-state index is -0.171. The number of anilines is 1. The van der Waals surface area contributed by atoms with E-state index in [0.717, 1.165) is 45.3 Å². The number of carbonyl (C=O) groups excluding carboxylic acids is 1. The molecule has 24 heavy (non-hydrogen) atoms. The molecule has 1 saturated heterocycles. The number of ether oxygens (including phenoxy) is 1. The van der Waals surface area contributed by atoms with Crippen LogP contribution in [-0.2, 0) is 17.6 Å². The fourth-order valence-corrected chi connectivity index (χ4v) is 3.74. The van der Waals surface area contributed by atoms with Crippen molar-refractivity contribution in [2.75, 3.05) is 31.6 Å². The summed E-state index contributed by atoms with van der Waals surface area (Å²) >= 11 is 0. The summed E-state index contributed by atoms with van der Waals surface area (Å²) in [4.78, 5) is 13.6. The number of hydrogen-bond donors (Lipinski definition) is 2. The predicted molar refractivity (Wildman–Crippen MR) is 96.6 cm³/mol. The molecule has 0 saturated carbocycles. The summed E-state index contributed by atoms with van der Waals surface area (Å²) in [5, 5.41) is 7.14. The second-order valence-corrected chi connectivity index (χ2v) is 6.90. The van der Waals surface area contributed by atoms with Crippen LogP contribution in [0.4, 0.5) is 10.5 Å². The van der Waals surface area contributed by atoms with Crippen LogP contribution in [-0.4, -0.2) is 49.3 Å². The zero-order valence-electron chi connectivity index (χ0n) is 14.8. The molecule has 0 radical (unpaired) electrons. The molecule has 2 N–H and O–H groups in total. The first kappa shape index (κ1) is 17.1. The molecular formula is C19H29N3O2. The van der Waals surface area contributed by atoms with Crippen LogP contribution in [0.5, 0.6) is 0 Å². The number of nitrogens with zero attached hydrogens (tertiary/aromatic N) is 1. The lowest BCUT2D eigenvalue weighted by atomic mass is 10.00. The Balaban J connectivity index is 1.44. The molecule has 1 amide bonds. The Kier molecular flexibility index (Phi) is 5.61. The highest BCUT2D eigenvalue weighted by Gasteiger charge is 2.24. The second-order valence-electron chi connectivity index (χ2n) is 6.90. The van der Waals surface area contributed by atoms with Crippen molar-refractivity contribution in [3.8, 4) is 0 Å². The van der Waals surface area contributed by atoms with Crippen LogP contribution in [0.15, 0.2) is 18.2 Å². The monoisotopic (exact) mass is 331 g/mol. The Morgan fingerprint density at radius 3 is 2.96 bits per heavy atom. The molecule has 132 valence electrons. The quantitative estimate of drug-likeness (QED) is 0.871. The second kappa shape index (κ2) is 7.88. The number of likely N-dealkylation sites (tertiary alicyclic amines) is 1. The Hall–Kier alpha value is -1.75. The molecule has 2 aliphatic heterocycles. The fraction of sp³-hybridized carbons (Fsp3) is 0.632. The third-order valence-corrected chi connectivity index (χ3v) is 4.96. The van der Waals surface area contributed by atoms with Crippen LogP contribution >= 0.6 is 0 Å². The first-order valence-corrected chi connectivity index (χ1v) is 9.19. The van der Waals surface area contributed by atoms with E-state index in [1.54, 1.807) is 0 Å². The van der Waals surface area contributed by atoms with E-state index < -0.39 is 0 Å². The normalized spacial score (nSPS) is 18.8. The van der Waals surface area contributed by atoms with Crippen LogP contribution in [0.25, 0.3) is 0 Å². The molecule has 1 fully saturated rings. The Bertz CT molecular complexity index is 568. The molecule has 2 aliphatic rings. The van der Waals surface area contributed by atoms with Gasteiger partial charge >= 0.3 is 6.09 Å². The summed E-state index contributed by atoms with van der Waals surface area (Å²) in [6, 6.07) is 7.72. The van der Waals surface area contributed by atoms with Gasteiger partial charge in [-0.2, -0.15) is 0 Å². The molecule has 1 aromatic carbocycles. The van der Waals surface area contributed by atoms with Crippen molar-refractivity contribution < 1.29 is 9.53 Å². The summed E-state index contributed by atoms with van der Waals surface area (Å²) in [5.74, 6) is 0. The van der Waals surface area contributed by atoms with E-state index in [2.05, 4.69) is 35.8 Å². The van der Waals surface area contributed by atoms with Gasteiger partial charge in [-0.1, -0.05) is 12.1 Å². The summed E-state index contributed by atoms with van der Waals surface area (Å²) < 4.78 is 5.07. The molecule has 3 rings (SSSR count). The summed E-state index contributed by atoms with van der Waals surface area (Å²) in [7, 11) is 0. The highest BCUT2D eigenvalue weighted by molar-refractivity contribution is 5.67. The fourth-order valence-electron chi connectivity index (χ4n) is 3.74. The van der Waals surface area contributed by atoms with Gasteiger partial charge in [0.25, 0.3) is 0 Å². The van der Waals surface area contributed by atoms with Gasteiger partial charge in [-0.25, -0.2) is 4.79 Å². The van der Waals surface area contributed by atoms with E-state index in [-0.39, 0.29) is 6.09 Å². The van der Waals surface area contributed by atoms with Gasteiger partial charge in [0.2, 0.25) is 0 Å². The van der Waals surface area contributed by atoms with Gasteiger partial charge in [0.05, 0.1) is 6.61 Å². The lowest BCUT2D eigenvalue weighted by molar-refractivity contribution is 0.0944. The van der Waals surface area contributed by atoms with Crippen LogP contribution < -0.4 is 10.6 Å². The smallest absolute Gasteiger partial charge is 0.409 e. The lowest BCUT2D eigenvalue weighted by Gasteiger charge is -2.33. The standard InChI is InChI=1S/C19H29N3O2/c1-3-24-19(23)22-10-7-17(8-11-22)21-14(2)12-15-4-5-18-16(13-15)6-9-20-18/h4-5,13-14,17,20-21H,3,6-12H2,1-2H3. The van der Waals surface area contributed by atoms with Crippen molar-refractivity contribution >= 4 is 11.8 Å². The van der Waals surface area contributed by atoms with Gasteiger partial charge in [-0.3, -0.25) is 0 Å². The van der Waals surface area contributed by atoms with Gasteiger partial charge in [0.1, 0.15) is 0 Å². The highest BCUT2D eigenvalue weighted by Crippen LogP contribution is 2.23. The average molecular weight is 331 g/mol. The van der Waals surface area contributed by atoms with Crippen molar-refractivity contribution in [1.82, 2.24) is 10.2 Å². The zero-order chi connectivity index (χ0) is 16.9. The minimum absolute atomic E-state index is 0.171. The van der Waals surface area contributed by atoms with E-state index in [0.29, 0.717) is 18.7 Å². The van der Waals surface area contributed by atoms with Gasteiger partial charge in [0.15, 0.2) is 0 Å². The van der Waals surface area contributed by atoms with Gasteiger partial charge in [-0.15, -0.1) is 0 Å². The maximum Gasteiger partial charge on any atom is 0.409 e. The van der Waals surface area contributed by atoms with E-state index >= 15 is 0 Å². The van der Waals surface area contributed by atoms with Crippen molar-refractivity contribution in [2.45, 2.75) is 51.6 Å². The predicted octanol–water partition coefficient (Wildman–Crippen LogP) is 2.80. The molecule has 2 heterocycles. The first-order valence-electron chi connectivity index (χ1n) is 9.19. The number of nitrogens with one attached hydrogen (secondary N) is 2. The zero-order valence-corrected chi connectivity index (χ0v) is 14.8. The van der Waals surface area contributed by atoms with Crippen LogP contribution in [0.1, 0.15) is 37.8 Å². The minimum Gasteiger partial charge on any atom is -0.450 e. The Morgan fingerprint density at radius 1 is 1.42 bits per heavy atom. The maximum atomic E-state index is 11.7. The van der Waals surface area contributed by atoms with Crippen LogP contribution in [0.3, 0.4) is 0 Å². The number of fused-ring (bicyclic) bond motifs is 1. The lowest BCUT2D eigenvalue weighted by Crippen LogP contribution is -2.47. The van der Waals surface area contributed by atoms with Crippen molar-refractivity contribution in [3.63, 3.8) is 0 Å². The molecule has 1 unspecified atom stereocenters. The number of benzene rings is 1. The number of carbonyl (C=O) groups is 1. The average Bonchev–Trinajstić information content (AvgIpc) is 3.03. The molecule has 5 heteroatoms. The first-order chi connectivity index (χ1) is 11.7. The van der Waals surface area contributed by atoms with E-state index in [9.17, 15) is 4.79 Å². The van der Waals surface area contributed by atoms with Crippen LogP contribution in [0, 0.1) is 0 Å². The van der Waals surface area contributed by atoms with Gasteiger partial charge in [0, 0.05) is 37.4 Å². The molecule has 0 spiro atoms. The van der Waals surface area contributed by atoms with E-state index in [1.165, 1.54) is 16.8 Å². The molecule has 1 atom stereocenters. The SMILES string of the molecule is CCOC(=O)N1CCC(NC(C)Cc2ccc3c(c2)CCN3)CC1. The van der Waals surface area contributed by atoms with Crippen molar-refractivity contribution in [1.29, 1.82) is 0 Å². The largest absolute Gasteiger partial charge is 0.450 e. The Labute approximate surface area is 144 Å². The third-order valence-electron chi connectivity index (χ3n) is 4.96. The van der Waals surface area contributed by atoms with Crippen LogP contribution in [0.2, 0.25) is 0 Å². The highest BCUT2D eigenvalue weighted by atomic mass is 16.6. The topological polar surface area (TPSA) is 53.6 Å². The summed E-state index contributed by atoms with van der Waals surface area (Å²) in [6.07, 6.45) is 4.01. The van der Waals surface area contributed by atoms with Gasteiger partial charge < -0.3 is 20.3 Å². The summed E-state index contributed by atoms with van der Waals surface area (Å²) in [6.45, 7) is 7.18. The number of amides is 1. The molecule has 0 bridgehead atoms. The Morgan fingerprint density at radius 2 is 2.21 bits per heavy atom. The third kappa shape index (κ3) is 4.20. The van der Waals surface area contributed by atoms with E-state index in [4.69, 9.17) is 4.74 Å². The molecule has 5 nitrogen and oxygen atoms in total. The number of hydrogen-bond acceptors (Lipinski definition) is 4. The number of rotatable bonds is 5. The van der Waals surface area contributed by atoms with Crippen molar-refractivity contribution in [2.24, 2.45) is 0 Å². The van der Waals surface area contributed by atoms with E-state index in [1.807, 2.05) is 11.8 Å². The summed E-state index contributed by atoms with van der Waals surface area (Å²) in [5.41, 5.74) is 4.15. The molecule has 1 aromatic rings. The molecule has 0 aliphatic carbocycles. The maximum absolute atomic E-state index is 11.7.